The van der Waals surface area contributed by atoms with Gasteiger partial charge < -0.3 is 19.3 Å². The Bertz CT molecular complexity index is 1050. The molecule has 0 aromatic heterocycles. The molecule has 31 heavy (non-hydrogen) atoms. The molecule has 0 saturated carbocycles. The van der Waals surface area contributed by atoms with Crippen molar-refractivity contribution in [3.05, 3.63) is 78.4 Å². The van der Waals surface area contributed by atoms with Gasteiger partial charge in [-0.2, -0.15) is 0 Å². The van der Waals surface area contributed by atoms with E-state index in [0.717, 1.165) is 42.7 Å². The van der Waals surface area contributed by atoms with Crippen LogP contribution in [0.15, 0.2) is 72.8 Å². The fraction of sp³-hybridized carbons (Fsp3) is 0.269. The fourth-order valence-electron chi connectivity index (χ4n) is 3.57. The molecule has 0 radical (unpaired) electrons. The van der Waals surface area contributed by atoms with E-state index in [9.17, 15) is 9.90 Å². The van der Waals surface area contributed by atoms with Gasteiger partial charge in [-0.1, -0.05) is 42.5 Å². The smallest absolute Gasteiger partial charge is 0.333 e. The van der Waals surface area contributed by atoms with Gasteiger partial charge in [-0.05, 0) is 66.3 Å². The first-order chi connectivity index (χ1) is 15.2. The van der Waals surface area contributed by atoms with Crippen molar-refractivity contribution >= 4 is 22.3 Å². The van der Waals surface area contributed by atoms with Crippen LogP contribution in [0.1, 0.15) is 31.2 Å². The largest absolute Gasteiger partial charge is 0.494 e. The summed E-state index contributed by atoms with van der Waals surface area (Å²) < 4.78 is 16.4. The topological polar surface area (TPSA) is 65.0 Å². The highest BCUT2D eigenvalue weighted by Gasteiger charge is 2.24. The molecule has 3 aromatic rings. The highest BCUT2D eigenvalue weighted by atomic mass is 16.6. The van der Waals surface area contributed by atoms with Gasteiger partial charge in [0.2, 0.25) is 6.29 Å². The Labute approximate surface area is 181 Å². The van der Waals surface area contributed by atoms with Gasteiger partial charge in [0, 0.05) is 11.6 Å². The number of hydrogen-bond acceptors (Lipinski definition) is 5. The van der Waals surface area contributed by atoms with Crippen LogP contribution in [-0.4, -0.2) is 30.6 Å². The summed E-state index contributed by atoms with van der Waals surface area (Å²) in [7, 11) is 0. The number of fused-ring (bicyclic) bond motifs is 1. The number of aliphatic hydroxyl groups excluding tert-OH is 1. The number of rotatable bonds is 10. The SMILES string of the molecule is O=C1C=C(c2ccc(OCCCCCCOc3ccc4ccccc4c3)cc2)C(O)O1. The summed E-state index contributed by atoms with van der Waals surface area (Å²) in [5.41, 5.74) is 1.22. The highest BCUT2D eigenvalue weighted by Crippen LogP contribution is 2.26. The molecule has 5 heteroatoms. The second-order valence-electron chi connectivity index (χ2n) is 7.53. The van der Waals surface area contributed by atoms with Gasteiger partial charge in [-0.3, -0.25) is 0 Å². The third-order valence-electron chi connectivity index (χ3n) is 5.25. The van der Waals surface area contributed by atoms with Gasteiger partial charge >= 0.3 is 5.97 Å². The number of carbonyl (C=O) groups excluding carboxylic acids is 1. The molecule has 0 aliphatic carbocycles. The summed E-state index contributed by atoms with van der Waals surface area (Å²) in [6, 6.07) is 21.8. The molecule has 5 nitrogen and oxygen atoms in total. The standard InChI is InChI=1S/C26H26O5/c27-25-18-24(26(28)31-25)20-10-12-22(13-11-20)29-15-5-1-2-6-16-30-23-14-9-19-7-3-4-8-21(19)17-23/h3-4,7-14,17-18,26,28H,1-2,5-6,15-16H2. The minimum atomic E-state index is -1.19. The van der Waals surface area contributed by atoms with Crippen LogP contribution in [0.25, 0.3) is 16.3 Å². The van der Waals surface area contributed by atoms with Crippen molar-refractivity contribution in [3.63, 3.8) is 0 Å². The predicted octanol–water partition coefficient (Wildman–Crippen LogP) is 5.12. The lowest BCUT2D eigenvalue weighted by Gasteiger charge is -2.10. The fourth-order valence-corrected chi connectivity index (χ4v) is 3.57. The van der Waals surface area contributed by atoms with Crippen molar-refractivity contribution in [2.24, 2.45) is 0 Å². The first-order valence-corrected chi connectivity index (χ1v) is 10.6. The molecule has 0 spiro atoms. The molecule has 1 heterocycles. The monoisotopic (exact) mass is 418 g/mol. The minimum Gasteiger partial charge on any atom is -0.494 e. The molecule has 0 fully saturated rings. The number of hydrogen-bond donors (Lipinski definition) is 1. The molecular formula is C26H26O5. The van der Waals surface area contributed by atoms with Crippen LogP contribution in [0.2, 0.25) is 0 Å². The molecule has 1 aliphatic heterocycles. The van der Waals surface area contributed by atoms with E-state index >= 15 is 0 Å². The minimum absolute atomic E-state index is 0.474. The Morgan fingerprint density at radius 3 is 2.10 bits per heavy atom. The van der Waals surface area contributed by atoms with Crippen LogP contribution in [0.5, 0.6) is 11.5 Å². The van der Waals surface area contributed by atoms with Gasteiger partial charge in [0.15, 0.2) is 0 Å². The van der Waals surface area contributed by atoms with Crippen LogP contribution >= 0.6 is 0 Å². The van der Waals surface area contributed by atoms with Crippen LogP contribution in [0.4, 0.5) is 0 Å². The Hall–Kier alpha value is -3.31. The van der Waals surface area contributed by atoms with Crippen molar-refractivity contribution in [3.8, 4) is 11.5 Å². The van der Waals surface area contributed by atoms with Gasteiger partial charge in [0.05, 0.1) is 13.2 Å². The number of aliphatic hydroxyl groups is 1. The van der Waals surface area contributed by atoms with Gasteiger partial charge in [-0.25, -0.2) is 4.79 Å². The second-order valence-corrected chi connectivity index (χ2v) is 7.53. The predicted molar refractivity (Wildman–Crippen MR) is 120 cm³/mol. The second kappa shape index (κ2) is 10.1. The van der Waals surface area contributed by atoms with E-state index in [2.05, 4.69) is 24.3 Å². The number of benzene rings is 3. The maximum atomic E-state index is 11.2. The molecule has 0 amide bonds. The van der Waals surface area contributed by atoms with E-state index in [1.54, 1.807) is 0 Å². The summed E-state index contributed by atoms with van der Waals surface area (Å²) in [6.07, 6.45) is 4.28. The molecule has 1 aliphatic rings. The lowest BCUT2D eigenvalue weighted by atomic mass is 10.1. The molecule has 0 saturated heterocycles. The molecule has 160 valence electrons. The van der Waals surface area contributed by atoms with Crippen LogP contribution in [0, 0.1) is 0 Å². The zero-order chi connectivity index (χ0) is 21.5. The first-order valence-electron chi connectivity index (χ1n) is 10.6. The van der Waals surface area contributed by atoms with Crippen molar-refractivity contribution < 1.29 is 24.1 Å². The van der Waals surface area contributed by atoms with Gasteiger partial charge in [-0.15, -0.1) is 0 Å². The summed E-state index contributed by atoms with van der Waals surface area (Å²) in [6.45, 7) is 1.37. The number of cyclic esters (lactones) is 1. The summed E-state index contributed by atoms with van der Waals surface area (Å²) in [5.74, 6) is 1.16. The van der Waals surface area contributed by atoms with E-state index in [4.69, 9.17) is 14.2 Å². The van der Waals surface area contributed by atoms with Crippen molar-refractivity contribution in [2.45, 2.75) is 32.0 Å². The van der Waals surface area contributed by atoms with Crippen molar-refractivity contribution in [2.75, 3.05) is 13.2 Å². The van der Waals surface area contributed by atoms with Crippen LogP contribution < -0.4 is 9.47 Å². The molecule has 1 unspecified atom stereocenters. The zero-order valence-electron chi connectivity index (χ0n) is 17.3. The van der Waals surface area contributed by atoms with E-state index in [1.165, 1.54) is 16.8 Å². The van der Waals surface area contributed by atoms with Crippen LogP contribution in [-0.2, 0) is 9.53 Å². The zero-order valence-corrected chi connectivity index (χ0v) is 17.3. The number of ether oxygens (including phenoxy) is 3. The van der Waals surface area contributed by atoms with E-state index in [-0.39, 0.29) is 0 Å². The summed E-state index contributed by atoms with van der Waals surface area (Å²) >= 11 is 0. The van der Waals surface area contributed by atoms with Crippen molar-refractivity contribution in [1.82, 2.24) is 0 Å². The Morgan fingerprint density at radius 2 is 1.42 bits per heavy atom. The van der Waals surface area contributed by atoms with Crippen LogP contribution in [0.3, 0.4) is 0 Å². The number of unbranched alkanes of at least 4 members (excludes halogenated alkanes) is 3. The Kier molecular flexibility index (Phi) is 6.85. The number of carbonyl (C=O) groups is 1. The number of esters is 1. The molecule has 4 rings (SSSR count). The molecular weight excluding hydrogens is 392 g/mol. The van der Waals surface area contributed by atoms with Gasteiger partial charge in [0.25, 0.3) is 0 Å². The Balaban J connectivity index is 1.10. The van der Waals surface area contributed by atoms with E-state index in [0.29, 0.717) is 18.8 Å². The third-order valence-corrected chi connectivity index (χ3v) is 5.25. The third kappa shape index (κ3) is 5.64. The maximum absolute atomic E-state index is 11.2. The summed E-state index contributed by atoms with van der Waals surface area (Å²) in [5, 5.41) is 12.1. The Morgan fingerprint density at radius 1 is 0.774 bits per heavy atom. The van der Waals surface area contributed by atoms with E-state index in [1.807, 2.05) is 42.5 Å². The summed E-state index contributed by atoms with van der Waals surface area (Å²) in [4.78, 5) is 11.2. The lowest BCUT2D eigenvalue weighted by Crippen LogP contribution is -2.09. The van der Waals surface area contributed by atoms with Gasteiger partial charge in [0.1, 0.15) is 11.5 Å². The quantitative estimate of drug-likeness (QED) is 0.366. The molecule has 3 aromatic carbocycles. The maximum Gasteiger partial charge on any atom is 0.333 e. The van der Waals surface area contributed by atoms with E-state index < -0.39 is 12.3 Å². The average molecular weight is 418 g/mol. The first kappa shape index (κ1) is 20.9. The lowest BCUT2D eigenvalue weighted by molar-refractivity contribution is -0.149. The normalized spacial score (nSPS) is 15.6. The molecule has 0 bridgehead atoms. The van der Waals surface area contributed by atoms with Crippen molar-refractivity contribution in [1.29, 1.82) is 0 Å². The molecule has 1 N–H and O–H groups in total. The molecule has 1 atom stereocenters. The highest BCUT2D eigenvalue weighted by molar-refractivity contribution is 5.96. The average Bonchev–Trinajstić information content (AvgIpc) is 3.13.